The third kappa shape index (κ3) is 3.09. The van der Waals surface area contributed by atoms with E-state index in [1.165, 1.54) is 27.6 Å². The van der Waals surface area contributed by atoms with Gasteiger partial charge in [-0.1, -0.05) is 31.2 Å². The van der Waals surface area contributed by atoms with Crippen molar-refractivity contribution in [3.8, 4) is 0 Å². The van der Waals surface area contributed by atoms with E-state index >= 15 is 0 Å². The lowest BCUT2D eigenvalue weighted by molar-refractivity contribution is 0.603. The minimum atomic E-state index is -0.379. The van der Waals surface area contributed by atoms with E-state index in [4.69, 9.17) is 9.98 Å². The van der Waals surface area contributed by atoms with Gasteiger partial charge in [0.25, 0.3) is 0 Å². The van der Waals surface area contributed by atoms with Crippen LogP contribution in [0.25, 0.3) is 16.5 Å². The van der Waals surface area contributed by atoms with Crippen molar-refractivity contribution in [1.82, 2.24) is 14.5 Å². The summed E-state index contributed by atoms with van der Waals surface area (Å²) in [4.78, 5) is 14.2. The number of allylic oxidation sites excluding steroid dienone is 6. The van der Waals surface area contributed by atoms with E-state index in [0.717, 1.165) is 34.7 Å². The topological polar surface area (TPSA) is 43.1 Å². The summed E-state index contributed by atoms with van der Waals surface area (Å²) in [6.45, 7) is 10.9. The third-order valence-electron chi connectivity index (χ3n) is 7.09. The molecule has 0 radical (unpaired) electrons. The predicted molar refractivity (Wildman–Crippen MR) is 133 cm³/mol. The third-order valence-corrected chi connectivity index (χ3v) is 7.09. The average Bonchev–Trinajstić information content (AvgIpc) is 3.18. The Kier molecular flexibility index (Phi) is 4.77. The summed E-state index contributed by atoms with van der Waals surface area (Å²) in [7, 11) is 2.05. The number of aromatic nitrogens is 3. The van der Waals surface area contributed by atoms with Crippen LogP contribution in [0.2, 0.25) is 0 Å². The van der Waals surface area contributed by atoms with Crippen LogP contribution in [-0.2, 0) is 12.5 Å². The monoisotopic (exact) mass is 422 g/mol. The molecule has 1 aliphatic carbocycles. The number of aryl methyl sites for hydroxylation is 3. The van der Waals surface area contributed by atoms with Crippen molar-refractivity contribution < 1.29 is 0 Å². The molecule has 5 rings (SSSR count). The summed E-state index contributed by atoms with van der Waals surface area (Å²) in [5, 5.41) is 1.20. The summed E-state index contributed by atoms with van der Waals surface area (Å²) < 4.78 is 2.10. The fourth-order valence-corrected chi connectivity index (χ4v) is 5.13. The molecule has 4 nitrogen and oxygen atoms in total. The Balaban J connectivity index is 1.71. The number of fused-ring (bicyclic) bond motifs is 1. The van der Waals surface area contributed by atoms with E-state index in [-0.39, 0.29) is 5.41 Å². The molecule has 2 unspecified atom stereocenters. The zero-order valence-electron chi connectivity index (χ0n) is 19.8. The maximum Gasteiger partial charge on any atom is 0.0945 e. The van der Waals surface area contributed by atoms with Gasteiger partial charge in [0.1, 0.15) is 0 Å². The van der Waals surface area contributed by atoms with Gasteiger partial charge in [-0.3, -0.25) is 9.98 Å². The number of hydrogen-bond acceptors (Lipinski definition) is 3. The van der Waals surface area contributed by atoms with Crippen LogP contribution in [0.1, 0.15) is 55.3 Å². The molecule has 0 bridgehead atoms. The Morgan fingerprint density at radius 2 is 1.94 bits per heavy atom. The quantitative estimate of drug-likeness (QED) is 0.500. The lowest BCUT2D eigenvalue weighted by atomic mass is 9.74. The summed E-state index contributed by atoms with van der Waals surface area (Å²) in [5.41, 5.74) is 10.1. The first kappa shape index (κ1) is 20.6. The summed E-state index contributed by atoms with van der Waals surface area (Å²) >= 11 is 0. The number of rotatable bonds is 4. The van der Waals surface area contributed by atoms with Crippen LogP contribution < -0.4 is 0 Å². The number of hydrogen-bond donors (Lipinski definition) is 0. The van der Waals surface area contributed by atoms with Crippen LogP contribution in [0.15, 0.2) is 65.7 Å². The Labute approximate surface area is 190 Å². The van der Waals surface area contributed by atoms with Gasteiger partial charge in [0, 0.05) is 35.6 Å². The smallest absolute Gasteiger partial charge is 0.0945 e. The van der Waals surface area contributed by atoms with E-state index in [9.17, 15) is 0 Å². The maximum atomic E-state index is 4.99. The van der Waals surface area contributed by atoms with Gasteiger partial charge in [0.15, 0.2) is 0 Å². The highest BCUT2D eigenvalue weighted by Crippen LogP contribution is 2.43. The van der Waals surface area contributed by atoms with Crippen LogP contribution in [0, 0.1) is 19.8 Å². The van der Waals surface area contributed by atoms with Gasteiger partial charge in [0.2, 0.25) is 0 Å². The second-order valence-corrected chi connectivity index (χ2v) is 9.46. The molecule has 3 aromatic rings. The molecule has 0 N–H and O–H groups in total. The molecular formula is C28H30N4. The van der Waals surface area contributed by atoms with Crippen molar-refractivity contribution in [3.63, 3.8) is 0 Å². The van der Waals surface area contributed by atoms with Crippen LogP contribution >= 0.6 is 0 Å². The zero-order valence-corrected chi connectivity index (χ0v) is 19.8. The fraction of sp³-hybridized carbons (Fsp3) is 0.321. The standard InChI is InChI=1S/C28H30N4/c1-17-7-9-21(10-8-17)27-19(3)23-14-22(11-12-24(23)31-20(27)4)28(5,25-13-18(2)30-25)26-15-29-16-32(26)6/h7,9-17H,8H2,1-6H3. The number of nitrogens with zero attached hydrogens (tertiary/aromatic N) is 4. The van der Waals surface area contributed by atoms with Crippen LogP contribution in [0.4, 0.5) is 0 Å². The molecule has 0 saturated carbocycles. The molecule has 0 fully saturated rings. The fourth-order valence-electron chi connectivity index (χ4n) is 5.13. The predicted octanol–water partition coefficient (Wildman–Crippen LogP) is 6.23. The highest BCUT2D eigenvalue weighted by atomic mass is 15.0. The molecule has 3 heterocycles. The van der Waals surface area contributed by atoms with Gasteiger partial charge in [-0.05, 0) is 74.9 Å². The minimum absolute atomic E-state index is 0.379. The molecule has 1 aromatic carbocycles. The van der Waals surface area contributed by atoms with Gasteiger partial charge in [-0.2, -0.15) is 0 Å². The normalized spacial score (nSPS) is 19.8. The highest BCUT2D eigenvalue weighted by molar-refractivity contribution is 6.00. The summed E-state index contributed by atoms with van der Waals surface area (Å²) in [6.07, 6.45) is 14.0. The molecule has 1 aliphatic heterocycles. The summed E-state index contributed by atoms with van der Waals surface area (Å²) in [5.74, 6) is 0.596. The molecule has 2 aliphatic rings. The zero-order chi connectivity index (χ0) is 22.6. The Morgan fingerprint density at radius 3 is 2.56 bits per heavy atom. The average molecular weight is 423 g/mol. The molecule has 2 aromatic heterocycles. The second-order valence-electron chi connectivity index (χ2n) is 9.46. The Bertz CT molecular complexity index is 1370. The van der Waals surface area contributed by atoms with Crippen molar-refractivity contribution in [3.05, 3.63) is 88.8 Å². The lowest BCUT2D eigenvalue weighted by Gasteiger charge is -2.34. The lowest BCUT2D eigenvalue weighted by Crippen LogP contribution is -2.31. The second kappa shape index (κ2) is 7.40. The SMILES string of the molecule is CC1=NC(C(C)(c2ccc3nc(C)c(C4=CCC(C)C=C4)c(C)c3c2)c2cncn2C)=C1. The molecule has 4 heteroatoms. The van der Waals surface area contributed by atoms with Gasteiger partial charge in [-0.15, -0.1) is 0 Å². The largest absolute Gasteiger partial charge is 0.337 e. The maximum absolute atomic E-state index is 4.99. The number of benzene rings is 1. The van der Waals surface area contributed by atoms with Crippen molar-refractivity contribution in [2.45, 2.75) is 46.5 Å². The summed E-state index contributed by atoms with van der Waals surface area (Å²) in [6, 6.07) is 6.67. The van der Waals surface area contributed by atoms with Crippen molar-refractivity contribution in [2.24, 2.45) is 18.0 Å². The highest BCUT2D eigenvalue weighted by Gasteiger charge is 2.38. The van der Waals surface area contributed by atoms with E-state index < -0.39 is 0 Å². The number of imidazole rings is 1. The van der Waals surface area contributed by atoms with E-state index in [0.29, 0.717) is 5.92 Å². The first-order valence-corrected chi connectivity index (χ1v) is 11.3. The number of pyridine rings is 1. The minimum Gasteiger partial charge on any atom is -0.337 e. The molecule has 0 amide bonds. The van der Waals surface area contributed by atoms with Gasteiger partial charge in [-0.25, -0.2) is 4.98 Å². The van der Waals surface area contributed by atoms with E-state index in [2.05, 4.69) is 86.8 Å². The van der Waals surface area contributed by atoms with Crippen LogP contribution in [0.5, 0.6) is 0 Å². The van der Waals surface area contributed by atoms with Crippen molar-refractivity contribution >= 4 is 22.2 Å². The Hall–Kier alpha value is -3.27. The van der Waals surface area contributed by atoms with E-state index in [1.54, 1.807) is 0 Å². The van der Waals surface area contributed by atoms with Crippen LogP contribution in [-0.4, -0.2) is 20.2 Å². The molecular weight excluding hydrogens is 392 g/mol. The van der Waals surface area contributed by atoms with Gasteiger partial charge < -0.3 is 4.57 Å². The van der Waals surface area contributed by atoms with Crippen molar-refractivity contribution in [2.75, 3.05) is 0 Å². The molecule has 32 heavy (non-hydrogen) atoms. The molecule has 162 valence electrons. The molecule has 0 spiro atoms. The first-order valence-electron chi connectivity index (χ1n) is 11.3. The molecule has 2 atom stereocenters. The van der Waals surface area contributed by atoms with Gasteiger partial charge in [0.05, 0.1) is 28.6 Å². The van der Waals surface area contributed by atoms with Gasteiger partial charge >= 0.3 is 0 Å². The van der Waals surface area contributed by atoms with E-state index in [1.807, 2.05) is 19.4 Å². The van der Waals surface area contributed by atoms with Crippen LogP contribution in [0.3, 0.4) is 0 Å². The molecule has 0 saturated heterocycles. The number of aliphatic imine (C=N–C) groups is 1. The van der Waals surface area contributed by atoms with Crippen molar-refractivity contribution in [1.29, 1.82) is 0 Å². The Morgan fingerprint density at radius 1 is 1.16 bits per heavy atom. The first-order chi connectivity index (χ1) is 15.3.